The van der Waals surface area contributed by atoms with Crippen LogP contribution in [0.3, 0.4) is 0 Å². The maximum atomic E-state index is 12.3. The summed E-state index contributed by atoms with van der Waals surface area (Å²) in [4.78, 5) is 16.7. The van der Waals surface area contributed by atoms with Crippen LogP contribution in [0.4, 0.5) is 0 Å². The minimum absolute atomic E-state index is 0.0748. The first-order valence-corrected chi connectivity index (χ1v) is 9.81. The normalized spacial score (nSPS) is 10.5. The summed E-state index contributed by atoms with van der Waals surface area (Å²) in [6.45, 7) is 2.42. The zero-order valence-corrected chi connectivity index (χ0v) is 17.0. The standard InChI is InChI=1S/C21H23N3O3S/c1-15-7-4-5-9-17(15)24-12-11-22-21(24)28-14-19(25)23-13-16-8-6-10-18(26-2)20(16)27-3/h4-12H,13-14H2,1-3H3,(H,23,25). The molecule has 1 aromatic heterocycles. The first-order chi connectivity index (χ1) is 13.6. The Labute approximate surface area is 168 Å². The molecule has 1 heterocycles. The molecule has 3 aromatic rings. The van der Waals surface area contributed by atoms with Gasteiger partial charge in [-0.05, 0) is 24.6 Å². The van der Waals surface area contributed by atoms with E-state index in [4.69, 9.17) is 9.47 Å². The summed E-state index contributed by atoms with van der Waals surface area (Å²) in [5.74, 6) is 1.47. The van der Waals surface area contributed by atoms with Crippen LogP contribution in [-0.4, -0.2) is 35.4 Å². The second-order valence-corrected chi connectivity index (χ2v) is 7.03. The molecule has 3 rings (SSSR count). The topological polar surface area (TPSA) is 65.4 Å². The summed E-state index contributed by atoms with van der Waals surface area (Å²) in [5, 5.41) is 3.71. The Balaban J connectivity index is 1.61. The van der Waals surface area contributed by atoms with Crippen molar-refractivity contribution in [3.63, 3.8) is 0 Å². The zero-order chi connectivity index (χ0) is 19.9. The van der Waals surface area contributed by atoms with Gasteiger partial charge in [0, 0.05) is 24.5 Å². The van der Waals surface area contributed by atoms with Gasteiger partial charge in [0.2, 0.25) is 5.91 Å². The average molecular weight is 398 g/mol. The highest BCUT2D eigenvalue weighted by Crippen LogP contribution is 2.30. The monoisotopic (exact) mass is 397 g/mol. The molecule has 0 aliphatic heterocycles. The van der Waals surface area contributed by atoms with E-state index in [0.29, 0.717) is 18.0 Å². The summed E-state index contributed by atoms with van der Waals surface area (Å²) in [7, 11) is 3.18. The minimum atomic E-state index is -0.0748. The number of hydrogen-bond donors (Lipinski definition) is 1. The van der Waals surface area contributed by atoms with Crippen molar-refractivity contribution in [2.75, 3.05) is 20.0 Å². The number of nitrogens with zero attached hydrogens (tertiary/aromatic N) is 2. The number of thioether (sulfide) groups is 1. The molecule has 2 aromatic carbocycles. The molecule has 146 valence electrons. The van der Waals surface area contributed by atoms with Crippen LogP contribution in [0, 0.1) is 6.92 Å². The highest BCUT2D eigenvalue weighted by Gasteiger charge is 2.13. The third kappa shape index (κ3) is 4.48. The smallest absolute Gasteiger partial charge is 0.230 e. The van der Waals surface area contributed by atoms with Crippen molar-refractivity contribution >= 4 is 17.7 Å². The maximum Gasteiger partial charge on any atom is 0.230 e. The van der Waals surface area contributed by atoms with E-state index in [-0.39, 0.29) is 11.7 Å². The van der Waals surface area contributed by atoms with Crippen molar-refractivity contribution in [1.82, 2.24) is 14.9 Å². The number of amides is 1. The van der Waals surface area contributed by atoms with Gasteiger partial charge in [-0.3, -0.25) is 9.36 Å². The van der Waals surface area contributed by atoms with Crippen molar-refractivity contribution < 1.29 is 14.3 Å². The fourth-order valence-electron chi connectivity index (χ4n) is 2.88. The Bertz CT molecular complexity index is 956. The second-order valence-electron chi connectivity index (χ2n) is 6.08. The van der Waals surface area contributed by atoms with E-state index >= 15 is 0 Å². The molecule has 7 heteroatoms. The van der Waals surface area contributed by atoms with Crippen LogP contribution in [0.2, 0.25) is 0 Å². The predicted octanol–water partition coefficient (Wildman–Crippen LogP) is 3.61. The SMILES string of the molecule is COc1cccc(CNC(=O)CSc2nccn2-c2ccccc2C)c1OC. The van der Waals surface area contributed by atoms with Crippen LogP contribution in [0.25, 0.3) is 5.69 Å². The van der Waals surface area contributed by atoms with Gasteiger partial charge < -0.3 is 14.8 Å². The quantitative estimate of drug-likeness (QED) is 0.588. The molecule has 0 saturated carbocycles. The second kappa shape index (κ2) is 9.32. The van der Waals surface area contributed by atoms with Gasteiger partial charge in [0.25, 0.3) is 0 Å². The van der Waals surface area contributed by atoms with Crippen LogP contribution in [0.1, 0.15) is 11.1 Å². The highest BCUT2D eigenvalue weighted by atomic mass is 32.2. The van der Waals surface area contributed by atoms with Crippen LogP contribution >= 0.6 is 11.8 Å². The van der Waals surface area contributed by atoms with Gasteiger partial charge in [0.05, 0.1) is 25.7 Å². The molecule has 1 N–H and O–H groups in total. The van der Waals surface area contributed by atoms with E-state index in [1.165, 1.54) is 11.8 Å². The number of carbonyl (C=O) groups is 1. The number of ether oxygens (including phenoxy) is 2. The lowest BCUT2D eigenvalue weighted by atomic mass is 10.2. The van der Waals surface area contributed by atoms with Crippen molar-refractivity contribution in [1.29, 1.82) is 0 Å². The lowest BCUT2D eigenvalue weighted by Gasteiger charge is -2.13. The third-order valence-electron chi connectivity index (χ3n) is 4.27. The molecule has 0 unspecified atom stereocenters. The number of methoxy groups -OCH3 is 2. The lowest BCUT2D eigenvalue weighted by Crippen LogP contribution is -2.25. The number of aromatic nitrogens is 2. The molecule has 6 nitrogen and oxygen atoms in total. The largest absolute Gasteiger partial charge is 0.493 e. The van der Waals surface area contributed by atoms with Gasteiger partial charge in [0.15, 0.2) is 16.7 Å². The number of imidazole rings is 1. The Hall–Kier alpha value is -2.93. The van der Waals surface area contributed by atoms with Crippen LogP contribution < -0.4 is 14.8 Å². The number of benzene rings is 2. The number of aryl methyl sites for hydroxylation is 1. The van der Waals surface area contributed by atoms with Crippen LogP contribution in [0.15, 0.2) is 60.0 Å². The van der Waals surface area contributed by atoms with Crippen molar-refractivity contribution in [3.8, 4) is 17.2 Å². The Kier molecular flexibility index (Phi) is 6.60. The first-order valence-electron chi connectivity index (χ1n) is 8.82. The highest BCUT2D eigenvalue weighted by molar-refractivity contribution is 7.99. The van der Waals surface area contributed by atoms with Gasteiger partial charge in [-0.25, -0.2) is 4.98 Å². The fourth-order valence-corrected chi connectivity index (χ4v) is 3.68. The lowest BCUT2D eigenvalue weighted by molar-refractivity contribution is -0.118. The molecule has 0 radical (unpaired) electrons. The van der Waals surface area contributed by atoms with Gasteiger partial charge >= 0.3 is 0 Å². The number of carbonyl (C=O) groups excluding carboxylic acids is 1. The Morgan fingerprint density at radius 2 is 1.96 bits per heavy atom. The molecule has 0 aliphatic carbocycles. The van der Waals surface area contributed by atoms with Crippen molar-refractivity contribution in [2.45, 2.75) is 18.6 Å². The molecule has 0 saturated heterocycles. The average Bonchev–Trinajstić information content (AvgIpc) is 3.18. The fraction of sp³-hybridized carbons (Fsp3) is 0.238. The van der Waals surface area contributed by atoms with E-state index in [1.54, 1.807) is 20.4 Å². The third-order valence-corrected chi connectivity index (χ3v) is 5.24. The molecular formula is C21H23N3O3S. The summed E-state index contributed by atoms with van der Waals surface area (Å²) < 4.78 is 12.7. The molecule has 1 amide bonds. The van der Waals surface area contributed by atoms with E-state index in [2.05, 4.69) is 23.3 Å². The minimum Gasteiger partial charge on any atom is -0.493 e. The Morgan fingerprint density at radius 3 is 2.71 bits per heavy atom. The number of nitrogens with one attached hydrogen (secondary N) is 1. The van der Waals surface area contributed by atoms with Crippen LogP contribution in [0.5, 0.6) is 11.5 Å². The Morgan fingerprint density at radius 1 is 1.14 bits per heavy atom. The zero-order valence-electron chi connectivity index (χ0n) is 16.1. The summed E-state index contributed by atoms with van der Waals surface area (Å²) >= 11 is 1.40. The van der Waals surface area contributed by atoms with E-state index in [1.807, 2.05) is 47.2 Å². The maximum absolute atomic E-state index is 12.3. The van der Waals surface area contributed by atoms with Gasteiger partial charge in [0.1, 0.15) is 0 Å². The molecule has 0 atom stereocenters. The van der Waals surface area contributed by atoms with E-state index < -0.39 is 0 Å². The molecule has 0 bridgehead atoms. The number of rotatable bonds is 8. The van der Waals surface area contributed by atoms with Gasteiger partial charge in [-0.2, -0.15) is 0 Å². The number of para-hydroxylation sites is 2. The van der Waals surface area contributed by atoms with Crippen molar-refractivity contribution in [2.24, 2.45) is 0 Å². The van der Waals surface area contributed by atoms with Crippen LogP contribution in [-0.2, 0) is 11.3 Å². The predicted molar refractivity (Wildman–Crippen MR) is 110 cm³/mol. The molecular weight excluding hydrogens is 374 g/mol. The van der Waals surface area contributed by atoms with Gasteiger partial charge in [-0.1, -0.05) is 42.1 Å². The summed E-state index contributed by atoms with van der Waals surface area (Å²) in [6, 6.07) is 13.7. The van der Waals surface area contributed by atoms with E-state index in [9.17, 15) is 4.79 Å². The molecule has 0 fully saturated rings. The number of hydrogen-bond acceptors (Lipinski definition) is 5. The summed E-state index contributed by atoms with van der Waals surface area (Å²) in [5.41, 5.74) is 3.07. The van der Waals surface area contributed by atoms with Gasteiger partial charge in [-0.15, -0.1) is 0 Å². The molecule has 28 heavy (non-hydrogen) atoms. The summed E-state index contributed by atoms with van der Waals surface area (Å²) in [6.07, 6.45) is 3.65. The van der Waals surface area contributed by atoms with E-state index in [0.717, 1.165) is 22.0 Å². The molecule has 0 aliphatic rings. The van der Waals surface area contributed by atoms with Crippen molar-refractivity contribution in [3.05, 3.63) is 66.0 Å². The first kappa shape index (κ1) is 19.8. The molecule has 0 spiro atoms.